The van der Waals surface area contributed by atoms with Crippen molar-refractivity contribution in [1.82, 2.24) is 0 Å². The molecule has 3 heteroatoms. The standard InChI is InChI=1S/C8H8F2.Y/c1-5-3-4-6(2)8(10)7(5)9;/h3-4H,1-2H3;. The van der Waals surface area contributed by atoms with Crippen molar-refractivity contribution in [2.45, 2.75) is 13.8 Å². The zero-order chi connectivity index (χ0) is 7.72. The average Bonchev–Trinajstić information content (AvgIpc) is 1.93. The molecule has 0 heterocycles. The summed E-state index contributed by atoms with van der Waals surface area (Å²) in [4.78, 5) is 0. The Bertz CT molecular complexity index is 232. The third kappa shape index (κ3) is 2.31. The van der Waals surface area contributed by atoms with Gasteiger partial charge in [-0.25, -0.2) is 8.78 Å². The van der Waals surface area contributed by atoms with Crippen LogP contribution in [0.1, 0.15) is 11.1 Å². The van der Waals surface area contributed by atoms with Gasteiger partial charge in [0.2, 0.25) is 0 Å². The predicted octanol–water partition coefficient (Wildman–Crippen LogP) is 2.58. The van der Waals surface area contributed by atoms with E-state index < -0.39 is 11.6 Å². The first-order valence-electron chi connectivity index (χ1n) is 3.04. The molecule has 0 aliphatic rings. The van der Waals surface area contributed by atoms with Crippen molar-refractivity contribution in [2.75, 3.05) is 0 Å². The molecule has 0 fully saturated rings. The fraction of sp³-hybridized carbons (Fsp3) is 0.250. The van der Waals surface area contributed by atoms with Crippen molar-refractivity contribution in [1.29, 1.82) is 0 Å². The van der Waals surface area contributed by atoms with Crippen LogP contribution in [0.5, 0.6) is 0 Å². The Hall–Kier alpha value is 0.184. The van der Waals surface area contributed by atoms with Crippen molar-refractivity contribution in [3.05, 3.63) is 34.9 Å². The van der Waals surface area contributed by atoms with E-state index >= 15 is 0 Å². The number of aryl methyl sites for hydroxylation is 2. The number of benzene rings is 1. The van der Waals surface area contributed by atoms with Crippen LogP contribution in [0.15, 0.2) is 12.1 Å². The van der Waals surface area contributed by atoms with Gasteiger partial charge in [-0.05, 0) is 25.0 Å². The molecule has 0 aliphatic carbocycles. The Balaban J connectivity index is 0.000001000. The molecule has 1 aromatic rings. The molecule has 1 rings (SSSR count). The summed E-state index contributed by atoms with van der Waals surface area (Å²) >= 11 is 0. The van der Waals surface area contributed by atoms with Crippen LogP contribution in [0.25, 0.3) is 0 Å². The molecule has 57 valence electrons. The molecular weight excluding hydrogens is 223 g/mol. The molecule has 0 saturated heterocycles. The second-order valence-electron chi connectivity index (χ2n) is 2.33. The molecule has 0 aromatic heterocycles. The Labute approximate surface area is 89.9 Å². The fourth-order valence-electron chi connectivity index (χ4n) is 0.743. The number of hydrogen-bond acceptors (Lipinski definition) is 0. The van der Waals surface area contributed by atoms with E-state index in [2.05, 4.69) is 0 Å². The Kier molecular flexibility index (Phi) is 4.34. The summed E-state index contributed by atoms with van der Waals surface area (Å²) in [5.41, 5.74) is 0.700. The van der Waals surface area contributed by atoms with E-state index in [4.69, 9.17) is 0 Å². The summed E-state index contributed by atoms with van der Waals surface area (Å²) in [6, 6.07) is 3.13. The normalized spacial score (nSPS) is 9.09. The quantitative estimate of drug-likeness (QED) is 0.643. The summed E-state index contributed by atoms with van der Waals surface area (Å²) in [7, 11) is 0. The molecule has 0 atom stereocenters. The maximum absolute atomic E-state index is 12.6. The SMILES string of the molecule is Cc1ccc(C)c(F)c1F.[Y]. The topological polar surface area (TPSA) is 0 Å². The maximum atomic E-state index is 12.6. The van der Waals surface area contributed by atoms with Gasteiger partial charge in [-0.15, -0.1) is 0 Å². The van der Waals surface area contributed by atoms with Crippen LogP contribution in [0.2, 0.25) is 0 Å². The molecule has 1 radical (unpaired) electrons. The van der Waals surface area contributed by atoms with E-state index in [1.54, 1.807) is 12.1 Å². The molecule has 11 heavy (non-hydrogen) atoms. The largest absolute Gasteiger partial charge is 0.203 e. The fourth-order valence-corrected chi connectivity index (χ4v) is 0.743. The monoisotopic (exact) mass is 231 g/mol. The van der Waals surface area contributed by atoms with E-state index in [0.717, 1.165) is 0 Å². The minimum absolute atomic E-state index is 0. The van der Waals surface area contributed by atoms with Crippen LogP contribution in [-0.2, 0) is 32.7 Å². The van der Waals surface area contributed by atoms with Crippen LogP contribution in [-0.4, -0.2) is 0 Å². The summed E-state index contributed by atoms with van der Waals surface area (Å²) in [6.45, 7) is 3.08. The Morgan fingerprint density at radius 1 is 0.909 bits per heavy atom. The second kappa shape index (κ2) is 4.27. The van der Waals surface area contributed by atoms with E-state index in [1.165, 1.54) is 13.8 Å². The maximum Gasteiger partial charge on any atom is 0.161 e. The van der Waals surface area contributed by atoms with Gasteiger partial charge in [-0.1, -0.05) is 12.1 Å². The Morgan fingerprint density at radius 2 is 1.18 bits per heavy atom. The molecule has 0 N–H and O–H groups in total. The van der Waals surface area contributed by atoms with Crippen LogP contribution < -0.4 is 0 Å². The third-order valence-corrected chi connectivity index (χ3v) is 1.47. The molecule has 1 aromatic carbocycles. The molecule has 0 saturated carbocycles. The van der Waals surface area contributed by atoms with Gasteiger partial charge in [-0.2, -0.15) is 0 Å². The van der Waals surface area contributed by atoms with Gasteiger partial charge in [0.25, 0.3) is 0 Å². The molecule has 0 unspecified atom stereocenters. The van der Waals surface area contributed by atoms with Gasteiger partial charge in [0, 0.05) is 32.7 Å². The minimum atomic E-state index is -0.736. The van der Waals surface area contributed by atoms with Crippen molar-refractivity contribution >= 4 is 0 Å². The number of rotatable bonds is 0. The molecule has 0 bridgehead atoms. The van der Waals surface area contributed by atoms with Gasteiger partial charge < -0.3 is 0 Å². The van der Waals surface area contributed by atoms with Gasteiger partial charge >= 0.3 is 0 Å². The first-order chi connectivity index (χ1) is 4.63. The van der Waals surface area contributed by atoms with Gasteiger partial charge in [0.15, 0.2) is 11.6 Å². The van der Waals surface area contributed by atoms with Crippen molar-refractivity contribution in [3.63, 3.8) is 0 Å². The zero-order valence-corrected chi connectivity index (χ0v) is 9.33. The summed E-state index contributed by atoms with van der Waals surface area (Å²) in [5.74, 6) is -1.47. The first-order valence-corrected chi connectivity index (χ1v) is 3.04. The molecular formula is C8H8F2Y. The van der Waals surface area contributed by atoms with Crippen molar-refractivity contribution in [3.8, 4) is 0 Å². The Morgan fingerprint density at radius 3 is 1.45 bits per heavy atom. The summed E-state index contributed by atoms with van der Waals surface area (Å²) < 4.78 is 25.2. The third-order valence-electron chi connectivity index (χ3n) is 1.47. The summed E-state index contributed by atoms with van der Waals surface area (Å²) in [6.07, 6.45) is 0. The van der Waals surface area contributed by atoms with Crippen LogP contribution in [0.3, 0.4) is 0 Å². The van der Waals surface area contributed by atoms with Crippen LogP contribution in [0, 0.1) is 25.5 Å². The minimum Gasteiger partial charge on any atom is -0.203 e. The van der Waals surface area contributed by atoms with Gasteiger partial charge in [0.05, 0.1) is 0 Å². The average molecular weight is 231 g/mol. The van der Waals surface area contributed by atoms with Crippen LogP contribution in [0.4, 0.5) is 8.78 Å². The molecule has 0 spiro atoms. The molecule has 0 aliphatic heterocycles. The molecule has 0 amide bonds. The molecule has 0 nitrogen and oxygen atoms in total. The van der Waals surface area contributed by atoms with E-state index in [0.29, 0.717) is 11.1 Å². The summed E-state index contributed by atoms with van der Waals surface area (Å²) in [5, 5.41) is 0. The van der Waals surface area contributed by atoms with Crippen LogP contribution >= 0.6 is 0 Å². The smallest absolute Gasteiger partial charge is 0.161 e. The first kappa shape index (κ1) is 11.2. The van der Waals surface area contributed by atoms with Gasteiger partial charge in [0.1, 0.15) is 0 Å². The van der Waals surface area contributed by atoms with Gasteiger partial charge in [-0.3, -0.25) is 0 Å². The number of halogens is 2. The van der Waals surface area contributed by atoms with E-state index in [9.17, 15) is 8.78 Å². The van der Waals surface area contributed by atoms with Crippen molar-refractivity contribution < 1.29 is 41.5 Å². The predicted molar refractivity (Wildman–Crippen MR) is 35.8 cm³/mol. The van der Waals surface area contributed by atoms with Crippen molar-refractivity contribution in [2.24, 2.45) is 0 Å². The number of hydrogen-bond donors (Lipinski definition) is 0. The zero-order valence-electron chi connectivity index (χ0n) is 6.49. The van der Waals surface area contributed by atoms with E-state index in [1.807, 2.05) is 0 Å². The second-order valence-corrected chi connectivity index (χ2v) is 2.33. The van der Waals surface area contributed by atoms with E-state index in [-0.39, 0.29) is 32.7 Å².